The van der Waals surface area contributed by atoms with Crippen molar-refractivity contribution < 1.29 is 0 Å². The number of anilines is 3. The highest BCUT2D eigenvalue weighted by Gasteiger charge is 2.16. The Hall–Kier alpha value is -8.98. The fourth-order valence-corrected chi connectivity index (χ4v) is 9.71. The van der Waals surface area contributed by atoms with E-state index in [9.17, 15) is 0 Å². The van der Waals surface area contributed by atoms with E-state index in [2.05, 4.69) is 289 Å². The topological polar surface area (TPSA) is 8.17 Å². The van der Waals surface area contributed by atoms with Gasteiger partial charge in [-0.25, -0.2) is 0 Å². The Bertz CT molecular complexity index is 3650. The molecule has 68 heavy (non-hydrogen) atoms. The summed E-state index contributed by atoms with van der Waals surface area (Å²) >= 11 is 0. The Morgan fingerprint density at radius 1 is 0.206 bits per heavy atom. The van der Waals surface area contributed by atoms with Gasteiger partial charge in [-0.1, -0.05) is 206 Å². The largest absolute Gasteiger partial charge is 0.311 e. The zero-order valence-corrected chi connectivity index (χ0v) is 37.5. The summed E-state index contributed by atoms with van der Waals surface area (Å²) in [6.45, 7) is 0. The molecule has 2 heteroatoms. The van der Waals surface area contributed by atoms with Gasteiger partial charge in [0.15, 0.2) is 0 Å². The Morgan fingerprint density at radius 3 is 0.985 bits per heavy atom. The van der Waals surface area contributed by atoms with Crippen LogP contribution in [0.15, 0.2) is 279 Å². The second-order valence-corrected chi connectivity index (χ2v) is 17.4. The molecule has 1 aromatic heterocycles. The Kier molecular flexibility index (Phi) is 10.6. The van der Waals surface area contributed by atoms with Crippen molar-refractivity contribution in [2.75, 3.05) is 4.90 Å². The molecule has 0 N–H and O–H groups in total. The maximum atomic E-state index is 2.37. The van der Waals surface area contributed by atoms with E-state index in [1.807, 2.05) is 0 Å². The normalized spacial score (nSPS) is 11.2. The molecule has 12 rings (SSSR count). The van der Waals surface area contributed by atoms with Crippen molar-refractivity contribution in [2.24, 2.45) is 0 Å². The summed E-state index contributed by atoms with van der Waals surface area (Å²) in [5, 5.41) is 2.51. The van der Waals surface area contributed by atoms with E-state index in [0.717, 1.165) is 17.1 Å². The standard InChI is InChI=1S/C66H46N2/c1-4-13-47(14-5-1)49-23-25-50(26-24-49)52-31-38-60(39-32-52)67(62-42-35-55(36-43-62)57-18-12-17-56(45-57)48-15-6-2-7-16-48)61-40-33-53(34-41-61)51-27-29-54(30-28-51)58-37-44-66-64(46-58)63-21-10-11-22-65(63)68(66)59-19-8-3-9-20-59/h1-46H. The van der Waals surface area contributed by atoms with Crippen molar-refractivity contribution in [1.29, 1.82) is 0 Å². The number of benzene rings is 11. The first-order chi connectivity index (χ1) is 33.7. The lowest BCUT2D eigenvalue weighted by Crippen LogP contribution is -2.09. The molecule has 0 aliphatic carbocycles. The van der Waals surface area contributed by atoms with Gasteiger partial charge < -0.3 is 9.47 Å². The zero-order chi connectivity index (χ0) is 45.2. The summed E-state index contributed by atoms with van der Waals surface area (Å²) in [6, 6.07) is 101. The smallest absolute Gasteiger partial charge is 0.0541 e. The van der Waals surface area contributed by atoms with Crippen molar-refractivity contribution >= 4 is 38.9 Å². The molecule has 0 atom stereocenters. The first-order valence-corrected chi connectivity index (χ1v) is 23.3. The second kappa shape index (κ2) is 17.8. The van der Waals surface area contributed by atoms with Crippen LogP contribution in [-0.2, 0) is 0 Å². The number of para-hydroxylation sites is 2. The Morgan fingerprint density at radius 2 is 0.515 bits per heavy atom. The average molecular weight is 867 g/mol. The van der Waals surface area contributed by atoms with Crippen molar-refractivity contribution in [2.45, 2.75) is 0 Å². The van der Waals surface area contributed by atoms with Crippen LogP contribution in [0, 0.1) is 0 Å². The molecule has 0 unspecified atom stereocenters. The fourth-order valence-electron chi connectivity index (χ4n) is 9.71. The molecule has 0 aliphatic heterocycles. The molecular formula is C66H46N2. The lowest BCUT2D eigenvalue weighted by Gasteiger charge is -2.26. The minimum atomic E-state index is 1.09. The maximum Gasteiger partial charge on any atom is 0.0541 e. The van der Waals surface area contributed by atoms with E-state index in [4.69, 9.17) is 0 Å². The summed E-state index contributed by atoms with van der Waals surface area (Å²) in [6.07, 6.45) is 0. The number of fused-ring (bicyclic) bond motifs is 3. The van der Waals surface area contributed by atoms with E-state index in [1.54, 1.807) is 0 Å². The molecule has 0 aliphatic rings. The van der Waals surface area contributed by atoms with Crippen LogP contribution in [0.3, 0.4) is 0 Å². The van der Waals surface area contributed by atoms with E-state index in [1.165, 1.54) is 94.3 Å². The number of nitrogens with zero attached hydrogens (tertiary/aromatic N) is 2. The molecule has 0 saturated carbocycles. The predicted octanol–water partition coefficient (Wildman–Crippen LogP) is 18.3. The molecule has 2 nitrogen and oxygen atoms in total. The highest BCUT2D eigenvalue weighted by Crippen LogP contribution is 2.40. The van der Waals surface area contributed by atoms with Crippen molar-refractivity contribution in [3.05, 3.63) is 279 Å². The van der Waals surface area contributed by atoms with Gasteiger partial charge in [-0.2, -0.15) is 0 Å². The number of aromatic nitrogens is 1. The van der Waals surface area contributed by atoms with Crippen molar-refractivity contribution in [3.63, 3.8) is 0 Å². The third kappa shape index (κ3) is 7.85. The lowest BCUT2D eigenvalue weighted by molar-refractivity contribution is 1.18. The van der Waals surface area contributed by atoms with E-state index in [-0.39, 0.29) is 0 Å². The van der Waals surface area contributed by atoms with Gasteiger partial charge in [-0.05, 0) is 140 Å². The molecule has 320 valence electrons. The number of hydrogen-bond donors (Lipinski definition) is 0. The third-order valence-corrected chi connectivity index (χ3v) is 13.2. The molecule has 11 aromatic carbocycles. The summed E-state index contributed by atoms with van der Waals surface area (Å²) in [4.78, 5) is 2.35. The molecule has 0 bridgehead atoms. The summed E-state index contributed by atoms with van der Waals surface area (Å²) in [7, 11) is 0. The van der Waals surface area contributed by atoms with Crippen LogP contribution in [0.4, 0.5) is 17.1 Å². The van der Waals surface area contributed by atoms with Crippen LogP contribution in [0.1, 0.15) is 0 Å². The zero-order valence-electron chi connectivity index (χ0n) is 37.5. The molecule has 0 radical (unpaired) electrons. The van der Waals surface area contributed by atoms with Crippen LogP contribution in [0.2, 0.25) is 0 Å². The predicted molar refractivity (Wildman–Crippen MR) is 288 cm³/mol. The molecule has 1 heterocycles. The van der Waals surface area contributed by atoms with Crippen LogP contribution in [0.25, 0.3) is 94.3 Å². The summed E-state index contributed by atoms with van der Waals surface area (Å²) in [5.74, 6) is 0. The fraction of sp³-hybridized carbons (Fsp3) is 0. The van der Waals surface area contributed by atoms with Crippen molar-refractivity contribution in [1.82, 2.24) is 4.57 Å². The van der Waals surface area contributed by atoms with Crippen LogP contribution < -0.4 is 4.90 Å². The third-order valence-electron chi connectivity index (χ3n) is 13.2. The highest BCUT2D eigenvalue weighted by molar-refractivity contribution is 6.10. The molecule has 12 aromatic rings. The van der Waals surface area contributed by atoms with Gasteiger partial charge in [-0.3, -0.25) is 0 Å². The van der Waals surface area contributed by atoms with Crippen molar-refractivity contribution in [3.8, 4) is 72.4 Å². The van der Waals surface area contributed by atoms with Gasteiger partial charge in [0.2, 0.25) is 0 Å². The lowest BCUT2D eigenvalue weighted by atomic mass is 9.98. The first kappa shape index (κ1) is 40.5. The van der Waals surface area contributed by atoms with Gasteiger partial charge in [0.25, 0.3) is 0 Å². The summed E-state index contributed by atoms with van der Waals surface area (Å²) in [5.41, 5.74) is 21.2. The Labute approximate surface area is 397 Å². The van der Waals surface area contributed by atoms with Crippen LogP contribution in [-0.4, -0.2) is 4.57 Å². The SMILES string of the molecule is c1ccc(-c2ccc(-c3ccc(N(c4ccc(-c5ccc(-c6ccc7c(c6)c6ccccc6n7-c6ccccc6)cc5)cc4)c4ccc(-c5cccc(-c6ccccc6)c5)cc4)cc3)cc2)cc1. The summed E-state index contributed by atoms with van der Waals surface area (Å²) < 4.78 is 2.37. The maximum absolute atomic E-state index is 2.37. The van der Waals surface area contributed by atoms with Gasteiger partial charge in [0, 0.05) is 33.5 Å². The monoisotopic (exact) mass is 866 g/mol. The minimum absolute atomic E-state index is 1.09. The minimum Gasteiger partial charge on any atom is -0.311 e. The second-order valence-electron chi connectivity index (χ2n) is 17.4. The molecule has 0 saturated heterocycles. The van der Waals surface area contributed by atoms with E-state index in [0.29, 0.717) is 0 Å². The van der Waals surface area contributed by atoms with E-state index >= 15 is 0 Å². The first-order valence-electron chi connectivity index (χ1n) is 23.3. The molecule has 0 amide bonds. The quantitative estimate of drug-likeness (QED) is 0.133. The van der Waals surface area contributed by atoms with Gasteiger partial charge in [0.1, 0.15) is 0 Å². The van der Waals surface area contributed by atoms with Gasteiger partial charge in [0.05, 0.1) is 11.0 Å². The van der Waals surface area contributed by atoms with Gasteiger partial charge >= 0.3 is 0 Å². The van der Waals surface area contributed by atoms with E-state index < -0.39 is 0 Å². The Balaban J connectivity index is 0.848. The van der Waals surface area contributed by atoms with Crippen LogP contribution >= 0.6 is 0 Å². The van der Waals surface area contributed by atoms with Gasteiger partial charge in [-0.15, -0.1) is 0 Å². The highest BCUT2D eigenvalue weighted by atomic mass is 15.1. The molecule has 0 fully saturated rings. The van der Waals surface area contributed by atoms with Crippen LogP contribution in [0.5, 0.6) is 0 Å². The number of hydrogen-bond acceptors (Lipinski definition) is 1. The number of rotatable bonds is 10. The molecular weight excluding hydrogens is 821 g/mol. The average Bonchev–Trinajstić information content (AvgIpc) is 3.76. The molecule has 0 spiro atoms.